The molecule has 1 aliphatic carbocycles. The van der Waals surface area contributed by atoms with Gasteiger partial charge in [-0.2, -0.15) is 0 Å². The molecule has 0 aromatic heterocycles. The lowest BCUT2D eigenvalue weighted by Gasteiger charge is -2.39. The molecule has 56 heavy (non-hydrogen) atoms. The molecule has 8 N–H and O–H groups in total. The van der Waals surface area contributed by atoms with Gasteiger partial charge in [0.1, 0.15) is 48.8 Å². The molecule has 0 saturated carbocycles. The Morgan fingerprint density at radius 1 is 0.982 bits per heavy atom. The normalized spacial score (nSPS) is 28.3. The molecule has 3 aliphatic rings. The minimum atomic E-state index is -1.59. The van der Waals surface area contributed by atoms with Crippen molar-refractivity contribution < 1.29 is 68.7 Å². The lowest BCUT2D eigenvalue weighted by molar-refractivity contribution is -0.298. The lowest BCUT2D eigenvalue weighted by atomic mass is 9.91. The molecule has 1 aromatic rings. The fraction of sp³-hybridized carbons (Fsp3) is 0.675. The monoisotopic (exact) mass is 792 g/mol. The van der Waals surface area contributed by atoms with Crippen molar-refractivity contribution >= 4 is 23.9 Å². The smallest absolute Gasteiger partial charge is 0.339 e. The number of aliphatic hydroxyl groups excluding tert-OH is 6. The number of hydrogen-bond acceptors (Lipinski definition) is 14. The van der Waals surface area contributed by atoms with E-state index in [0.29, 0.717) is 18.4 Å². The van der Waals surface area contributed by atoms with Crippen LogP contribution in [-0.4, -0.2) is 142 Å². The second kappa shape index (κ2) is 22.0. The molecular weight excluding hydrogens is 732 g/mol. The van der Waals surface area contributed by atoms with E-state index >= 15 is 0 Å². The van der Waals surface area contributed by atoms with Gasteiger partial charge in [0, 0.05) is 31.4 Å². The van der Waals surface area contributed by atoms with Crippen LogP contribution in [0, 0.1) is 0 Å². The van der Waals surface area contributed by atoms with Crippen LogP contribution in [0.25, 0.3) is 6.08 Å². The van der Waals surface area contributed by atoms with Gasteiger partial charge in [0.25, 0.3) is 0 Å². The van der Waals surface area contributed by atoms with Gasteiger partial charge in [0.15, 0.2) is 12.1 Å². The quantitative estimate of drug-likeness (QED) is 0.0640. The molecule has 2 amide bonds. The number of unbranched alkanes of at least 4 members (excludes halogenated alkanes) is 4. The van der Waals surface area contributed by atoms with Crippen LogP contribution >= 0.6 is 0 Å². The number of esters is 1. The van der Waals surface area contributed by atoms with E-state index < -0.39 is 91.3 Å². The third kappa shape index (κ3) is 11.9. The maximum Gasteiger partial charge on any atom is 0.339 e. The molecule has 10 atom stereocenters. The van der Waals surface area contributed by atoms with Crippen LogP contribution < -0.4 is 10.6 Å². The summed E-state index contributed by atoms with van der Waals surface area (Å²) in [5, 5.41) is 64.3. The first kappa shape index (κ1) is 45.4. The number of fused-ring (bicyclic) bond motifs is 1. The topological polar surface area (TPSA) is 243 Å². The van der Waals surface area contributed by atoms with Crippen molar-refractivity contribution in [3.05, 3.63) is 53.1 Å². The summed E-state index contributed by atoms with van der Waals surface area (Å²) >= 11 is 0. The van der Waals surface area contributed by atoms with Gasteiger partial charge < -0.3 is 65.0 Å². The van der Waals surface area contributed by atoms with Crippen molar-refractivity contribution in [2.45, 2.75) is 146 Å². The molecule has 1 aromatic carbocycles. The number of amides is 2. The first-order valence-electron chi connectivity index (χ1n) is 19.7. The summed E-state index contributed by atoms with van der Waals surface area (Å²) in [6.07, 6.45) is 0.714. The average Bonchev–Trinajstić information content (AvgIpc) is 3.56. The molecule has 2 aliphatic heterocycles. The predicted molar refractivity (Wildman–Crippen MR) is 202 cm³/mol. The lowest BCUT2D eigenvalue weighted by Crippen LogP contribution is -2.59. The fourth-order valence-corrected chi connectivity index (χ4v) is 7.09. The van der Waals surface area contributed by atoms with Crippen molar-refractivity contribution in [3.8, 4) is 0 Å². The highest BCUT2D eigenvalue weighted by Gasteiger charge is 2.52. The van der Waals surface area contributed by atoms with Gasteiger partial charge in [0.05, 0.1) is 31.5 Å². The summed E-state index contributed by atoms with van der Waals surface area (Å²) in [6.45, 7) is 4.47. The van der Waals surface area contributed by atoms with Gasteiger partial charge in [-0.1, -0.05) is 69.9 Å². The van der Waals surface area contributed by atoms with Crippen LogP contribution in [0.2, 0.25) is 0 Å². The largest absolute Gasteiger partial charge is 0.456 e. The van der Waals surface area contributed by atoms with Gasteiger partial charge in [-0.15, -0.1) is 0 Å². The van der Waals surface area contributed by atoms with Crippen LogP contribution in [0.15, 0.2) is 42.0 Å². The SMILES string of the molecule is CCCCCC1(CCCCC)O[C@@H]2[C@@H](C=C(C(=O)N[C@@H](C(=O)NCCO)[C@H](C)O)C[C@H]2OC(=O)c2ccccc2C=CCO[C@H]2O[C@H](CO)[C@H](O)[C@H](O)[C@H]2O)O1. The van der Waals surface area contributed by atoms with E-state index in [9.17, 15) is 39.9 Å². The van der Waals surface area contributed by atoms with Crippen molar-refractivity contribution in [3.63, 3.8) is 0 Å². The molecule has 2 saturated heterocycles. The first-order chi connectivity index (χ1) is 26.9. The second-order valence-electron chi connectivity index (χ2n) is 14.6. The van der Waals surface area contributed by atoms with E-state index in [0.717, 1.165) is 38.5 Å². The predicted octanol–water partition coefficient (Wildman–Crippen LogP) is 0.987. The van der Waals surface area contributed by atoms with Gasteiger partial charge in [-0.3, -0.25) is 9.59 Å². The van der Waals surface area contributed by atoms with E-state index in [1.54, 1.807) is 42.5 Å². The second-order valence-corrected chi connectivity index (χ2v) is 14.6. The maximum absolute atomic E-state index is 14.0. The maximum atomic E-state index is 14.0. The minimum absolute atomic E-state index is 0.0618. The van der Waals surface area contributed by atoms with E-state index in [2.05, 4.69) is 24.5 Å². The molecule has 16 nitrogen and oxygen atoms in total. The number of nitrogens with one attached hydrogen (secondary N) is 2. The standard InChI is InChI=1S/C40H60N2O14/c1-4-6-10-16-40(17-11-7-5-2)55-29-22-26(36(49)42-31(24(3)45)37(50)41-18-19-43)21-28(35(29)56-40)53-38(51)27-15-9-8-13-25(27)14-12-20-52-39-34(48)33(47)32(46)30(23-44)54-39/h8-9,12-15,22,24,28-35,39,43-48H,4-7,10-11,16-21,23H2,1-3H3,(H,41,50)(H,42,49)/t24-,28+,29+,30+,31+,32-,33-,34+,35-,39-/m0/s1. The van der Waals surface area contributed by atoms with Crippen molar-refractivity contribution in [1.82, 2.24) is 10.6 Å². The number of carbonyl (C=O) groups is 3. The summed E-state index contributed by atoms with van der Waals surface area (Å²) in [5.41, 5.74) is 0.839. The summed E-state index contributed by atoms with van der Waals surface area (Å²) in [7, 11) is 0. The summed E-state index contributed by atoms with van der Waals surface area (Å²) in [5.74, 6) is -2.99. The average molecular weight is 793 g/mol. The molecule has 16 heteroatoms. The van der Waals surface area contributed by atoms with Crippen LogP contribution in [-0.2, 0) is 33.3 Å². The van der Waals surface area contributed by atoms with Gasteiger partial charge in [-0.25, -0.2) is 4.79 Å². The Labute approximate surface area is 327 Å². The summed E-state index contributed by atoms with van der Waals surface area (Å²) in [4.78, 5) is 40.4. The summed E-state index contributed by atoms with van der Waals surface area (Å²) < 4.78 is 30.5. The third-order valence-corrected chi connectivity index (χ3v) is 10.2. The van der Waals surface area contributed by atoms with Gasteiger partial charge >= 0.3 is 5.97 Å². The Balaban J connectivity index is 1.55. The fourth-order valence-electron chi connectivity index (χ4n) is 7.09. The molecule has 0 radical (unpaired) electrons. The first-order valence-corrected chi connectivity index (χ1v) is 19.7. The highest BCUT2D eigenvalue weighted by Crippen LogP contribution is 2.43. The molecule has 4 rings (SSSR count). The number of hydrogen-bond donors (Lipinski definition) is 8. The summed E-state index contributed by atoms with van der Waals surface area (Å²) in [6, 6.07) is 5.33. The van der Waals surface area contributed by atoms with Gasteiger partial charge in [-0.05, 0) is 37.5 Å². The zero-order chi connectivity index (χ0) is 40.8. The van der Waals surface area contributed by atoms with E-state index in [1.807, 2.05) is 0 Å². The van der Waals surface area contributed by atoms with E-state index in [-0.39, 0.29) is 37.3 Å². The molecular formula is C40H60N2O14. The van der Waals surface area contributed by atoms with Crippen LogP contribution in [0.1, 0.15) is 94.5 Å². The van der Waals surface area contributed by atoms with E-state index in [1.165, 1.54) is 6.92 Å². The Hall–Kier alpha value is -3.29. The molecule has 0 unspecified atom stereocenters. The third-order valence-electron chi connectivity index (χ3n) is 10.2. The van der Waals surface area contributed by atoms with Crippen molar-refractivity contribution in [1.29, 1.82) is 0 Å². The molecule has 2 heterocycles. The van der Waals surface area contributed by atoms with Crippen molar-refractivity contribution in [2.24, 2.45) is 0 Å². The Morgan fingerprint density at radius 3 is 2.32 bits per heavy atom. The number of ether oxygens (including phenoxy) is 5. The van der Waals surface area contributed by atoms with Crippen LogP contribution in [0.3, 0.4) is 0 Å². The molecule has 2 fully saturated rings. The number of benzene rings is 1. The van der Waals surface area contributed by atoms with Crippen molar-refractivity contribution in [2.75, 3.05) is 26.4 Å². The highest BCUT2D eigenvalue weighted by atomic mass is 16.8. The molecule has 0 spiro atoms. The van der Waals surface area contributed by atoms with Crippen LogP contribution in [0.4, 0.5) is 0 Å². The minimum Gasteiger partial charge on any atom is -0.456 e. The van der Waals surface area contributed by atoms with Gasteiger partial charge in [0.2, 0.25) is 11.8 Å². The Bertz CT molecular complexity index is 1470. The zero-order valence-corrected chi connectivity index (χ0v) is 32.5. The molecule has 0 bridgehead atoms. The highest BCUT2D eigenvalue weighted by molar-refractivity contribution is 5.98. The molecule has 314 valence electrons. The number of carbonyl (C=O) groups excluding carboxylic acids is 3. The number of aliphatic hydroxyl groups is 6. The Kier molecular flexibility index (Phi) is 17.9. The number of rotatable bonds is 21. The van der Waals surface area contributed by atoms with Crippen LogP contribution in [0.5, 0.6) is 0 Å². The Morgan fingerprint density at radius 2 is 1.68 bits per heavy atom. The van der Waals surface area contributed by atoms with E-state index in [4.69, 9.17) is 28.8 Å². The zero-order valence-electron chi connectivity index (χ0n) is 32.5.